The van der Waals surface area contributed by atoms with Gasteiger partial charge >= 0.3 is 0 Å². The Hall–Kier alpha value is -0.580. The molecule has 0 bridgehead atoms. The summed E-state index contributed by atoms with van der Waals surface area (Å²) in [6.45, 7) is 3.30. The first kappa shape index (κ1) is 11.5. The lowest BCUT2D eigenvalue weighted by Crippen LogP contribution is -2.29. The van der Waals surface area contributed by atoms with Gasteiger partial charge < -0.3 is 10.6 Å². The van der Waals surface area contributed by atoms with Crippen LogP contribution in [0, 0.1) is 6.92 Å². The largest absolute Gasteiger partial charge is 0.350 e. The van der Waals surface area contributed by atoms with Crippen LogP contribution in [0.1, 0.15) is 14.5 Å². The number of hydrogen-bond donors (Lipinski definition) is 2. The maximum atomic E-state index is 11.5. The van der Waals surface area contributed by atoms with E-state index in [1.807, 2.05) is 14.0 Å². The van der Waals surface area contributed by atoms with Crippen LogP contribution in [0.25, 0.3) is 0 Å². The zero-order valence-corrected chi connectivity index (χ0v) is 9.76. The Balaban J connectivity index is 2.56. The van der Waals surface area contributed by atoms with Crippen molar-refractivity contribution in [1.82, 2.24) is 10.6 Å². The molecule has 1 aromatic rings. The van der Waals surface area contributed by atoms with E-state index in [9.17, 15) is 4.79 Å². The van der Waals surface area contributed by atoms with Gasteiger partial charge in [-0.05, 0) is 20.0 Å². The Labute approximate surface area is 92.5 Å². The van der Waals surface area contributed by atoms with Crippen molar-refractivity contribution in [1.29, 1.82) is 0 Å². The Bertz CT molecular complexity index is 325. The van der Waals surface area contributed by atoms with Gasteiger partial charge in [0.15, 0.2) is 0 Å². The average molecular weight is 233 g/mol. The predicted molar refractivity (Wildman–Crippen MR) is 60.3 cm³/mol. The normalized spacial score (nSPS) is 10.2. The zero-order chi connectivity index (χ0) is 10.6. The molecule has 5 heteroatoms. The number of carbonyl (C=O) groups excluding carboxylic acids is 1. The van der Waals surface area contributed by atoms with Crippen LogP contribution in [0.4, 0.5) is 0 Å². The van der Waals surface area contributed by atoms with Gasteiger partial charge in [-0.3, -0.25) is 4.79 Å². The van der Waals surface area contributed by atoms with Gasteiger partial charge in [-0.2, -0.15) is 0 Å². The number of halogens is 1. The maximum Gasteiger partial charge on any atom is 0.262 e. The van der Waals surface area contributed by atoms with Gasteiger partial charge in [0.25, 0.3) is 5.91 Å². The molecule has 0 saturated carbocycles. The minimum atomic E-state index is -0.0941. The van der Waals surface area contributed by atoms with Gasteiger partial charge in [0, 0.05) is 18.0 Å². The third kappa shape index (κ3) is 2.97. The van der Waals surface area contributed by atoms with Crippen LogP contribution in [0.3, 0.4) is 0 Å². The van der Waals surface area contributed by atoms with Crippen LogP contribution in [0.5, 0.6) is 0 Å². The zero-order valence-electron chi connectivity index (χ0n) is 8.19. The monoisotopic (exact) mass is 232 g/mol. The van der Waals surface area contributed by atoms with Crippen LogP contribution in [0.15, 0.2) is 6.07 Å². The molecule has 0 unspecified atom stereocenters. The fourth-order valence-electron chi connectivity index (χ4n) is 1.02. The lowest BCUT2D eigenvalue weighted by atomic mass is 10.4. The van der Waals surface area contributed by atoms with Gasteiger partial charge in [0.1, 0.15) is 4.88 Å². The second kappa shape index (κ2) is 5.34. The smallest absolute Gasteiger partial charge is 0.262 e. The van der Waals surface area contributed by atoms with Gasteiger partial charge in [-0.25, -0.2) is 0 Å². The predicted octanol–water partition coefficient (Wildman–Crippen LogP) is 1.66. The van der Waals surface area contributed by atoms with Crippen LogP contribution in [0.2, 0.25) is 5.02 Å². The van der Waals surface area contributed by atoms with Crippen LogP contribution < -0.4 is 10.6 Å². The standard InChI is InChI=1S/C9H13ClN2OS/c1-6-5-7(10)8(14-6)9(13)12-4-3-11-2/h5,11H,3-4H2,1-2H3,(H,12,13). The summed E-state index contributed by atoms with van der Waals surface area (Å²) in [4.78, 5) is 13.2. The molecule has 0 spiro atoms. The SMILES string of the molecule is CNCCNC(=O)c1sc(C)cc1Cl. The maximum absolute atomic E-state index is 11.5. The third-order valence-corrected chi connectivity index (χ3v) is 3.14. The van der Waals surface area contributed by atoms with E-state index in [4.69, 9.17) is 11.6 Å². The molecule has 1 heterocycles. The second-order valence-electron chi connectivity index (χ2n) is 2.89. The number of nitrogens with one attached hydrogen (secondary N) is 2. The highest BCUT2D eigenvalue weighted by Crippen LogP contribution is 2.25. The number of rotatable bonds is 4. The lowest BCUT2D eigenvalue weighted by molar-refractivity contribution is 0.0958. The van der Waals surface area contributed by atoms with Crippen LogP contribution in [-0.2, 0) is 0 Å². The van der Waals surface area contributed by atoms with Crippen molar-refractivity contribution in [3.63, 3.8) is 0 Å². The molecule has 0 aliphatic carbocycles. The summed E-state index contributed by atoms with van der Waals surface area (Å²) >= 11 is 7.30. The summed E-state index contributed by atoms with van der Waals surface area (Å²) in [5.41, 5.74) is 0. The minimum absolute atomic E-state index is 0.0941. The van der Waals surface area contributed by atoms with E-state index in [1.54, 1.807) is 6.07 Å². The quantitative estimate of drug-likeness (QED) is 0.776. The van der Waals surface area contributed by atoms with Crippen LogP contribution >= 0.6 is 22.9 Å². The molecular formula is C9H13ClN2OS. The first-order chi connectivity index (χ1) is 6.65. The van der Waals surface area contributed by atoms with Gasteiger partial charge in [0.05, 0.1) is 5.02 Å². The summed E-state index contributed by atoms with van der Waals surface area (Å²) in [5, 5.41) is 6.27. The summed E-state index contributed by atoms with van der Waals surface area (Å²) < 4.78 is 0. The van der Waals surface area contributed by atoms with E-state index in [-0.39, 0.29) is 5.91 Å². The van der Waals surface area contributed by atoms with Crippen molar-refractivity contribution in [2.45, 2.75) is 6.92 Å². The molecule has 1 aromatic heterocycles. The molecule has 14 heavy (non-hydrogen) atoms. The first-order valence-electron chi connectivity index (χ1n) is 4.34. The van der Waals surface area contributed by atoms with Crippen molar-refractivity contribution >= 4 is 28.8 Å². The topological polar surface area (TPSA) is 41.1 Å². The average Bonchev–Trinajstić information content (AvgIpc) is 2.45. The van der Waals surface area contributed by atoms with Gasteiger partial charge in [-0.15, -0.1) is 11.3 Å². The number of carbonyl (C=O) groups is 1. The number of thiophene rings is 1. The summed E-state index contributed by atoms with van der Waals surface area (Å²) in [5.74, 6) is -0.0941. The van der Waals surface area contributed by atoms with Gasteiger partial charge in [0.2, 0.25) is 0 Å². The minimum Gasteiger partial charge on any atom is -0.350 e. The first-order valence-corrected chi connectivity index (χ1v) is 5.53. The van der Waals surface area contributed by atoms with Gasteiger partial charge in [-0.1, -0.05) is 11.6 Å². The highest BCUT2D eigenvalue weighted by atomic mass is 35.5. The van der Waals surface area contributed by atoms with E-state index in [0.717, 1.165) is 11.4 Å². The molecule has 0 atom stereocenters. The third-order valence-electron chi connectivity index (χ3n) is 1.68. The Morgan fingerprint density at radius 1 is 1.57 bits per heavy atom. The van der Waals surface area contributed by atoms with Crippen LogP contribution in [-0.4, -0.2) is 26.0 Å². The van der Waals surface area contributed by atoms with E-state index in [1.165, 1.54) is 11.3 Å². The molecule has 0 saturated heterocycles. The fraction of sp³-hybridized carbons (Fsp3) is 0.444. The molecule has 1 amide bonds. The molecule has 78 valence electrons. The summed E-state index contributed by atoms with van der Waals surface area (Å²) in [7, 11) is 1.84. The molecule has 3 nitrogen and oxygen atoms in total. The van der Waals surface area contributed by atoms with Crippen molar-refractivity contribution in [3.8, 4) is 0 Å². The van der Waals surface area contributed by atoms with Crippen molar-refractivity contribution in [2.24, 2.45) is 0 Å². The number of hydrogen-bond acceptors (Lipinski definition) is 3. The summed E-state index contributed by atoms with van der Waals surface area (Å²) in [6.07, 6.45) is 0. The fourth-order valence-corrected chi connectivity index (χ4v) is 2.27. The number of likely N-dealkylation sites (N-methyl/N-ethyl adjacent to an activating group) is 1. The van der Waals surface area contributed by atoms with E-state index >= 15 is 0 Å². The number of amides is 1. The van der Waals surface area contributed by atoms with Crippen molar-refractivity contribution < 1.29 is 4.79 Å². The highest BCUT2D eigenvalue weighted by molar-refractivity contribution is 7.14. The molecule has 0 fully saturated rings. The Morgan fingerprint density at radius 2 is 2.29 bits per heavy atom. The Kier molecular flexibility index (Phi) is 4.38. The molecule has 0 aromatic carbocycles. The molecule has 1 rings (SSSR count). The van der Waals surface area contributed by atoms with E-state index in [2.05, 4.69) is 10.6 Å². The Morgan fingerprint density at radius 3 is 2.79 bits per heavy atom. The summed E-state index contributed by atoms with van der Waals surface area (Å²) in [6, 6.07) is 1.80. The number of aryl methyl sites for hydroxylation is 1. The molecule has 0 aliphatic heterocycles. The second-order valence-corrected chi connectivity index (χ2v) is 4.56. The molecule has 0 aliphatic rings. The van der Waals surface area contributed by atoms with Crippen molar-refractivity contribution in [3.05, 3.63) is 20.8 Å². The molecule has 0 radical (unpaired) electrons. The van der Waals surface area contributed by atoms with E-state index in [0.29, 0.717) is 16.4 Å². The molecular weight excluding hydrogens is 220 g/mol. The molecule has 2 N–H and O–H groups in total. The highest BCUT2D eigenvalue weighted by Gasteiger charge is 2.12. The lowest BCUT2D eigenvalue weighted by Gasteiger charge is -2.02. The van der Waals surface area contributed by atoms with Crippen molar-refractivity contribution in [2.75, 3.05) is 20.1 Å². The van der Waals surface area contributed by atoms with E-state index < -0.39 is 0 Å².